The fourth-order valence-electron chi connectivity index (χ4n) is 3.72. The van der Waals surface area contributed by atoms with Gasteiger partial charge < -0.3 is 0 Å². The van der Waals surface area contributed by atoms with Crippen molar-refractivity contribution in [3.05, 3.63) is 89.0 Å². The van der Waals surface area contributed by atoms with E-state index in [0.29, 0.717) is 11.7 Å². The van der Waals surface area contributed by atoms with E-state index in [4.69, 9.17) is 4.98 Å². The Hall–Kier alpha value is -3.03. The van der Waals surface area contributed by atoms with Gasteiger partial charge in [0.1, 0.15) is 0 Å². The number of hydrogen-bond donors (Lipinski definition) is 0. The van der Waals surface area contributed by atoms with E-state index in [1.54, 1.807) is 29.2 Å². The van der Waals surface area contributed by atoms with E-state index in [1.165, 1.54) is 11.3 Å². The highest BCUT2D eigenvalue weighted by molar-refractivity contribution is 7.91. The first-order valence-corrected chi connectivity index (χ1v) is 13.2. The fourth-order valence-corrected chi connectivity index (χ4v) is 6.11. The molecule has 0 saturated heterocycles. The number of hydrogen-bond acceptors (Lipinski definition) is 5. The molecule has 0 N–H and O–H groups in total. The molecule has 4 rings (SSSR count). The number of anilines is 1. The molecule has 0 aliphatic heterocycles. The van der Waals surface area contributed by atoms with Crippen LogP contribution in [0.1, 0.15) is 28.7 Å². The number of aryl methyl sites for hydroxylation is 3. The monoisotopic (exact) mass is 478 g/mol. The summed E-state index contributed by atoms with van der Waals surface area (Å²) < 4.78 is 26.6. The lowest BCUT2D eigenvalue weighted by Gasteiger charge is -2.20. The van der Waals surface area contributed by atoms with E-state index in [-0.39, 0.29) is 23.0 Å². The second-order valence-electron chi connectivity index (χ2n) is 8.27. The Kier molecular flexibility index (Phi) is 6.63. The van der Waals surface area contributed by atoms with Gasteiger partial charge >= 0.3 is 0 Å². The Morgan fingerprint density at radius 2 is 1.64 bits per heavy atom. The molecule has 1 aromatic heterocycles. The van der Waals surface area contributed by atoms with E-state index >= 15 is 0 Å². The van der Waals surface area contributed by atoms with Gasteiger partial charge in [-0.2, -0.15) is 0 Å². The first kappa shape index (κ1) is 23.1. The van der Waals surface area contributed by atoms with Crippen molar-refractivity contribution < 1.29 is 13.2 Å². The summed E-state index contributed by atoms with van der Waals surface area (Å²) in [6.45, 7) is 6.29. The Labute approximate surface area is 198 Å². The summed E-state index contributed by atoms with van der Waals surface area (Å²) in [4.78, 5) is 19.9. The molecular weight excluding hydrogens is 452 g/mol. The lowest BCUT2D eigenvalue weighted by molar-refractivity contribution is -0.118. The maximum Gasteiger partial charge on any atom is 0.230 e. The highest BCUT2D eigenvalue weighted by Crippen LogP contribution is 2.33. The number of carbonyl (C=O) groups excluding carboxylic acids is 1. The highest BCUT2D eigenvalue weighted by Gasteiger charge is 2.24. The van der Waals surface area contributed by atoms with Gasteiger partial charge in [-0.25, -0.2) is 13.4 Å². The Morgan fingerprint density at radius 3 is 2.33 bits per heavy atom. The van der Waals surface area contributed by atoms with Gasteiger partial charge in [-0.05, 0) is 55.7 Å². The maximum atomic E-state index is 13.3. The number of sulfone groups is 1. The van der Waals surface area contributed by atoms with Crippen LogP contribution in [0.2, 0.25) is 0 Å². The molecule has 1 heterocycles. The molecule has 3 aromatic carbocycles. The van der Waals surface area contributed by atoms with Gasteiger partial charge in [0.25, 0.3) is 0 Å². The Bertz CT molecular complexity index is 1390. The molecule has 0 aliphatic carbocycles. The molecule has 170 valence electrons. The second-order valence-corrected chi connectivity index (χ2v) is 11.4. The number of thiazole rings is 1. The minimum atomic E-state index is -3.56. The molecule has 0 atom stereocenters. The molecule has 0 radical (unpaired) electrons. The molecule has 5 nitrogen and oxygen atoms in total. The number of carbonyl (C=O) groups is 1. The average Bonchev–Trinajstić information content (AvgIpc) is 3.21. The molecule has 1 amide bonds. The minimum absolute atomic E-state index is 0.114. The molecule has 7 heteroatoms. The highest BCUT2D eigenvalue weighted by atomic mass is 32.2. The first-order valence-electron chi connectivity index (χ1n) is 10.7. The van der Waals surface area contributed by atoms with Crippen molar-refractivity contribution in [3.63, 3.8) is 0 Å². The average molecular weight is 479 g/mol. The van der Waals surface area contributed by atoms with E-state index in [9.17, 15) is 13.2 Å². The van der Waals surface area contributed by atoms with Crippen LogP contribution in [0.4, 0.5) is 5.13 Å². The lowest BCUT2D eigenvalue weighted by atomic mass is 10.1. The fraction of sp³-hybridized carbons (Fsp3) is 0.231. The SMILES string of the molecule is Cc1ccc(S(=O)(=O)CCC(=O)N(Cc2ccccc2)c2nc3c(C)cc(C)cc3s2)cc1. The summed E-state index contributed by atoms with van der Waals surface area (Å²) >= 11 is 1.46. The zero-order valence-corrected chi connectivity index (χ0v) is 20.5. The number of amides is 1. The maximum absolute atomic E-state index is 13.3. The van der Waals surface area contributed by atoms with Crippen molar-refractivity contribution in [2.75, 3.05) is 10.7 Å². The topological polar surface area (TPSA) is 67.3 Å². The van der Waals surface area contributed by atoms with E-state index < -0.39 is 9.84 Å². The first-order chi connectivity index (χ1) is 15.7. The van der Waals surface area contributed by atoms with Crippen LogP contribution in [0.3, 0.4) is 0 Å². The van der Waals surface area contributed by atoms with Crippen molar-refractivity contribution in [3.8, 4) is 0 Å². The molecule has 0 aliphatic rings. The smallest absolute Gasteiger partial charge is 0.230 e. The van der Waals surface area contributed by atoms with Gasteiger partial charge in [-0.15, -0.1) is 0 Å². The van der Waals surface area contributed by atoms with Crippen LogP contribution in [0.25, 0.3) is 10.2 Å². The number of aromatic nitrogens is 1. The number of benzene rings is 3. The van der Waals surface area contributed by atoms with Crippen molar-refractivity contribution in [2.45, 2.75) is 38.6 Å². The molecule has 0 unspecified atom stereocenters. The van der Waals surface area contributed by atoms with Crippen molar-refractivity contribution >= 4 is 42.4 Å². The molecule has 0 fully saturated rings. The summed E-state index contributed by atoms with van der Waals surface area (Å²) in [5.74, 6) is -0.508. The predicted molar refractivity (Wildman–Crippen MR) is 135 cm³/mol. The number of fused-ring (bicyclic) bond motifs is 1. The van der Waals surface area contributed by atoms with Crippen LogP contribution in [-0.2, 0) is 21.2 Å². The van der Waals surface area contributed by atoms with E-state index in [2.05, 4.69) is 12.1 Å². The third kappa shape index (κ3) is 5.31. The van der Waals surface area contributed by atoms with Crippen LogP contribution in [0.5, 0.6) is 0 Å². The quantitative estimate of drug-likeness (QED) is 0.346. The largest absolute Gasteiger partial charge is 0.284 e. The standard InChI is InChI=1S/C26H26N2O3S2/c1-18-9-11-22(12-10-18)33(30,31)14-13-24(29)28(17-21-7-5-4-6-8-21)26-27-25-20(3)15-19(2)16-23(25)32-26/h4-12,15-16H,13-14,17H2,1-3H3. The lowest BCUT2D eigenvalue weighted by Crippen LogP contribution is -2.31. The van der Waals surface area contributed by atoms with Gasteiger partial charge in [-0.3, -0.25) is 9.69 Å². The van der Waals surface area contributed by atoms with Gasteiger partial charge in [-0.1, -0.05) is 65.4 Å². The molecule has 4 aromatic rings. The number of rotatable bonds is 7. The Morgan fingerprint density at radius 1 is 0.939 bits per heavy atom. The third-order valence-electron chi connectivity index (χ3n) is 5.50. The summed E-state index contributed by atoms with van der Waals surface area (Å²) in [5.41, 5.74) is 5.01. The van der Waals surface area contributed by atoms with Gasteiger partial charge in [0.2, 0.25) is 5.91 Å². The molecule has 0 saturated carbocycles. The summed E-state index contributed by atoms with van der Waals surface area (Å²) in [5, 5.41) is 0.584. The third-order valence-corrected chi connectivity index (χ3v) is 8.26. The predicted octanol–water partition coefficient (Wildman–Crippen LogP) is 5.62. The Balaban J connectivity index is 1.62. The summed E-state index contributed by atoms with van der Waals surface area (Å²) in [6.07, 6.45) is -0.114. The molecule has 0 bridgehead atoms. The van der Waals surface area contributed by atoms with Gasteiger partial charge in [0.15, 0.2) is 15.0 Å². The van der Waals surface area contributed by atoms with Crippen LogP contribution < -0.4 is 4.90 Å². The van der Waals surface area contributed by atoms with Gasteiger partial charge in [0.05, 0.1) is 27.4 Å². The van der Waals surface area contributed by atoms with Crippen molar-refractivity contribution in [1.82, 2.24) is 4.98 Å². The van der Waals surface area contributed by atoms with Gasteiger partial charge in [0, 0.05) is 6.42 Å². The van der Waals surface area contributed by atoms with Crippen LogP contribution >= 0.6 is 11.3 Å². The summed E-state index contributed by atoms with van der Waals surface area (Å²) in [6, 6.07) is 20.5. The van der Waals surface area contributed by atoms with Crippen LogP contribution in [0.15, 0.2) is 71.6 Å². The molecule has 33 heavy (non-hydrogen) atoms. The zero-order chi connectivity index (χ0) is 23.6. The van der Waals surface area contributed by atoms with Crippen molar-refractivity contribution in [1.29, 1.82) is 0 Å². The van der Waals surface area contributed by atoms with E-state index in [1.807, 2.05) is 51.1 Å². The van der Waals surface area contributed by atoms with Crippen LogP contribution in [-0.4, -0.2) is 25.1 Å². The van der Waals surface area contributed by atoms with Crippen LogP contribution in [0, 0.1) is 20.8 Å². The number of nitrogens with zero attached hydrogens (tertiary/aromatic N) is 2. The molecule has 0 spiro atoms. The normalized spacial score (nSPS) is 11.6. The summed E-state index contributed by atoms with van der Waals surface area (Å²) in [7, 11) is -3.56. The minimum Gasteiger partial charge on any atom is -0.284 e. The molecular formula is C26H26N2O3S2. The van der Waals surface area contributed by atoms with Crippen molar-refractivity contribution in [2.24, 2.45) is 0 Å². The zero-order valence-electron chi connectivity index (χ0n) is 18.9. The van der Waals surface area contributed by atoms with E-state index in [0.717, 1.165) is 32.5 Å². The second kappa shape index (κ2) is 9.45.